The van der Waals surface area contributed by atoms with Crippen molar-refractivity contribution in [2.75, 3.05) is 0 Å². The Morgan fingerprint density at radius 2 is 1.75 bits per heavy atom. The lowest BCUT2D eigenvalue weighted by atomic mass is 9.83. The Hall–Kier alpha value is -3.17. The number of ketones is 1. The topological polar surface area (TPSA) is 42.2 Å². The normalized spacial score (nSPS) is 20.2. The molecule has 138 valence electrons. The highest BCUT2D eigenvalue weighted by Crippen LogP contribution is 2.41. The zero-order chi connectivity index (χ0) is 19.1. The summed E-state index contributed by atoms with van der Waals surface area (Å²) >= 11 is 0. The third-order valence-electron chi connectivity index (χ3n) is 5.55. The van der Waals surface area contributed by atoms with Gasteiger partial charge in [0.25, 0.3) is 0 Å². The van der Waals surface area contributed by atoms with E-state index in [1.807, 2.05) is 60.7 Å². The van der Waals surface area contributed by atoms with Crippen LogP contribution in [0.2, 0.25) is 0 Å². The molecule has 3 aromatic rings. The van der Waals surface area contributed by atoms with Crippen molar-refractivity contribution in [3.63, 3.8) is 0 Å². The third-order valence-corrected chi connectivity index (χ3v) is 5.55. The Labute approximate surface area is 164 Å². The zero-order valence-corrected chi connectivity index (χ0v) is 15.7. The summed E-state index contributed by atoms with van der Waals surface area (Å²) in [5, 5.41) is 3.58. The Morgan fingerprint density at radius 1 is 1.04 bits per heavy atom. The van der Waals surface area contributed by atoms with Crippen molar-refractivity contribution in [3.05, 3.63) is 107 Å². The molecule has 2 unspecified atom stereocenters. The van der Waals surface area contributed by atoms with Crippen molar-refractivity contribution in [1.29, 1.82) is 0 Å². The van der Waals surface area contributed by atoms with Crippen LogP contribution in [-0.4, -0.2) is 11.8 Å². The number of carbonyl (C=O) groups is 1. The standard InChI is InChI=1S/C25H21NO2/c1-16-12-13-19-21(14-16)26-15-20-22(23(27)17-8-4-2-5-9-17)24(28-25(19)20)18-10-6-3-7-11-18/h2-14,19,21,26H,15H2,1H3. The molecule has 1 aliphatic carbocycles. The predicted octanol–water partition coefficient (Wildman–Crippen LogP) is 5.25. The molecule has 0 radical (unpaired) electrons. The molecule has 0 spiro atoms. The van der Waals surface area contributed by atoms with Crippen LogP contribution in [0.4, 0.5) is 0 Å². The summed E-state index contributed by atoms with van der Waals surface area (Å²) in [4.78, 5) is 13.5. The van der Waals surface area contributed by atoms with Crippen LogP contribution in [-0.2, 0) is 6.54 Å². The lowest BCUT2D eigenvalue weighted by Gasteiger charge is -2.30. The van der Waals surface area contributed by atoms with Gasteiger partial charge in [-0.3, -0.25) is 4.79 Å². The number of rotatable bonds is 3. The van der Waals surface area contributed by atoms with Crippen LogP contribution in [0.15, 0.2) is 88.9 Å². The second-order valence-electron chi connectivity index (χ2n) is 7.41. The first-order valence-electron chi connectivity index (χ1n) is 9.63. The number of nitrogens with one attached hydrogen (secondary N) is 1. The number of hydrogen-bond donors (Lipinski definition) is 1. The van der Waals surface area contributed by atoms with Gasteiger partial charge in [0.2, 0.25) is 0 Å². The monoisotopic (exact) mass is 367 g/mol. The maximum absolute atomic E-state index is 13.5. The van der Waals surface area contributed by atoms with Crippen LogP contribution in [0, 0.1) is 0 Å². The summed E-state index contributed by atoms with van der Waals surface area (Å²) in [6.45, 7) is 2.73. The summed E-state index contributed by atoms with van der Waals surface area (Å²) in [6.07, 6.45) is 6.54. The summed E-state index contributed by atoms with van der Waals surface area (Å²) < 4.78 is 6.43. The molecule has 1 aromatic heterocycles. The van der Waals surface area contributed by atoms with E-state index in [0.29, 0.717) is 23.4 Å². The van der Waals surface area contributed by atoms with Gasteiger partial charge < -0.3 is 9.73 Å². The van der Waals surface area contributed by atoms with Gasteiger partial charge in [-0.25, -0.2) is 0 Å². The molecule has 5 rings (SSSR count). The molecule has 2 heterocycles. The van der Waals surface area contributed by atoms with Gasteiger partial charge in [-0.1, -0.05) is 84.5 Å². The molecule has 0 bridgehead atoms. The number of furan rings is 1. The van der Waals surface area contributed by atoms with Crippen LogP contribution in [0.5, 0.6) is 0 Å². The van der Waals surface area contributed by atoms with Gasteiger partial charge in [-0.15, -0.1) is 0 Å². The summed E-state index contributed by atoms with van der Waals surface area (Å²) in [7, 11) is 0. The van der Waals surface area contributed by atoms with Crippen LogP contribution >= 0.6 is 0 Å². The summed E-state index contributed by atoms with van der Waals surface area (Å²) in [5.41, 5.74) is 4.51. The maximum Gasteiger partial charge on any atom is 0.197 e. The second kappa shape index (κ2) is 6.77. The van der Waals surface area contributed by atoms with Gasteiger partial charge in [0.15, 0.2) is 5.78 Å². The number of carbonyl (C=O) groups excluding carboxylic acids is 1. The fraction of sp³-hybridized carbons (Fsp3) is 0.160. The van der Waals surface area contributed by atoms with E-state index in [1.165, 1.54) is 5.57 Å². The van der Waals surface area contributed by atoms with Crippen molar-refractivity contribution in [3.8, 4) is 11.3 Å². The van der Waals surface area contributed by atoms with Crippen LogP contribution < -0.4 is 5.32 Å². The highest BCUT2D eigenvalue weighted by Gasteiger charge is 2.36. The Morgan fingerprint density at radius 3 is 2.50 bits per heavy atom. The first-order valence-corrected chi connectivity index (χ1v) is 9.63. The minimum Gasteiger partial charge on any atom is -0.459 e. The molecule has 28 heavy (non-hydrogen) atoms. The molecular weight excluding hydrogens is 346 g/mol. The first kappa shape index (κ1) is 17.0. The summed E-state index contributed by atoms with van der Waals surface area (Å²) in [6, 6.07) is 19.6. The molecule has 3 nitrogen and oxygen atoms in total. The number of benzene rings is 2. The van der Waals surface area contributed by atoms with E-state index >= 15 is 0 Å². The van der Waals surface area contributed by atoms with E-state index in [2.05, 4.69) is 30.5 Å². The summed E-state index contributed by atoms with van der Waals surface area (Å²) in [5.74, 6) is 1.69. The fourth-order valence-electron chi connectivity index (χ4n) is 4.17. The SMILES string of the molecule is CC1=CC2NCc3c(oc(-c4ccccc4)c3C(=O)c3ccccc3)C2C=C1. The van der Waals surface area contributed by atoms with Crippen molar-refractivity contribution in [1.82, 2.24) is 5.32 Å². The quantitative estimate of drug-likeness (QED) is 0.643. The van der Waals surface area contributed by atoms with Crippen molar-refractivity contribution in [2.45, 2.75) is 25.4 Å². The van der Waals surface area contributed by atoms with E-state index in [-0.39, 0.29) is 17.7 Å². The third kappa shape index (κ3) is 2.76. The van der Waals surface area contributed by atoms with E-state index < -0.39 is 0 Å². The smallest absolute Gasteiger partial charge is 0.197 e. The van der Waals surface area contributed by atoms with Gasteiger partial charge in [-0.05, 0) is 6.92 Å². The molecule has 1 N–H and O–H groups in total. The molecule has 1 aliphatic heterocycles. The van der Waals surface area contributed by atoms with Gasteiger partial charge in [0, 0.05) is 29.3 Å². The molecule has 2 aliphatic rings. The lowest BCUT2D eigenvalue weighted by molar-refractivity contribution is 0.103. The second-order valence-corrected chi connectivity index (χ2v) is 7.41. The van der Waals surface area contributed by atoms with Crippen LogP contribution in [0.1, 0.15) is 40.1 Å². The molecule has 3 heteroatoms. The van der Waals surface area contributed by atoms with Crippen LogP contribution in [0.3, 0.4) is 0 Å². The fourth-order valence-corrected chi connectivity index (χ4v) is 4.17. The Bertz CT molecular complexity index is 1090. The van der Waals surface area contributed by atoms with Gasteiger partial charge in [-0.2, -0.15) is 0 Å². The van der Waals surface area contributed by atoms with E-state index in [1.54, 1.807) is 0 Å². The van der Waals surface area contributed by atoms with Crippen molar-refractivity contribution >= 4 is 5.78 Å². The maximum atomic E-state index is 13.5. The van der Waals surface area contributed by atoms with Gasteiger partial charge >= 0.3 is 0 Å². The van der Waals surface area contributed by atoms with Crippen LogP contribution in [0.25, 0.3) is 11.3 Å². The van der Waals surface area contributed by atoms with E-state index in [4.69, 9.17) is 4.42 Å². The molecule has 2 aromatic carbocycles. The highest BCUT2D eigenvalue weighted by atomic mass is 16.3. The number of fused-ring (bicyclic) bond motifs is 3. The molecule has 0 fully saturated rings. The number of allylic oxidation sites excluding steroid dienone is 2. The zero-order valence-electron chi connectivity index (χ0n) is 15.7. The predicted molar refractivity (Wildman–Crippen MR) is 110 cm³/mol. The highest BCUT2D eigenvalue weighted by molar-refractivity contribution is 6.13. The largest absolute Gasteiger partial charge is 0.459 e. The molecule has 0 saturated carbocycles. The molecule has 2 atom stereocenters. The first-order chi connectivity index (χ1) is 13.7. The van der Waals surface area contributed by atoms with Crippen molar-refractivity contribution in [2.24, 2.45) is 0 Å². The Balaban J connectivity index is 1.70. The minimum absolute atomic E-state index is 0.0104. The van der Waals surface area contributed by atoms with Gasteiger partial charge in [0.1, 0.15) is 11.5 Å². The minimum atomic E-state index is 0.0104. The van der Waals surface area contributed by atoms with E-state index in [0.717, 1.165) is 16.9 Å². The van der Waals surface area contributed by atoms with E-state index in [9.17, 15) is 4.79 Å². The number of hydrogen-bond acceptors (Lipinski definition) is 3. The van der Waals surface area contributed by atoms with Crippen molar-refractivity contribution < 1.29 is 9.21 Å². The van der Waals surface area contributed by atoms with Gasteiger partial charge in [0.05, 0.1) is 11.5 Å². The molecular formula is C25H21NO2. The lowest BCUT2D eigenvalue weighted by Crippen LogP contribution is -2.38. The Kier molecular flexibility index (Phi) is 4.10. The molecule has 0 saturated heterocycles. The molecule has 0 amide bonds. The average Bonchev–Trinajstić information content (AvgIpc) is 3.14. The average molecular weight is 367 g/mol.